The Hall–Kier alpha value is -1.99. The molecule has 156 valence electrons. The van der Waals surface area contributed by atoms with E-state index in [2.05, 4.69) is 6.58 Å². The summed E-state index contributed by atoms with van der Waals surface area (Å²) in [6.07, 6.45) is 6.79. The van der Waals surface area contributed by atoms with E-state index in [1.807, 2.05) is 6.08 Å². The Balaban J connectivity index is 2.46. The second kappa shape index (κ2) is 9.98. The Morgan fingerprint density at radius 1 is 1.18 bits per heavy atom. The molecule has 0 aromatic heterocycles. The molecule has 0 aromatic rings. The van der Waals surface area contributed by atoms with Crippen LogP contribution < -0.4 is 0 Å². The summed E-state index contributed by atoms with van der Waals surface area (Å²) in [5.74, 6) is -2.39. The molecule has 28 heavy (non-hydrogen) atoms. The first-order valence-corrected chi connectivity index (χ1v) is 9.85. The highest BCUT2D eigenvalue weighted by atomic mass is 16.7. The normalized spacial score (nSPS) is 23.8. The van der Waals surface area contributed by atoms with Crippen LogP contribution in [-0.2, 0) is 33.3 Å². The van der Waals surface area contributed by atoms with Gasteiger partial charge in [-0.05, 0) is 45.1 Å². The minimum absolute atomic E-state index is 0.000149. The summed E-state index contributed by atoms with van der Waals surface area (Å²) >= 11 is 0. The number of aldehydes is 1. The first-order valence-electron chi connectivity index (χ1n) is 9.85. The first kappa shape index (κ1) is 22.3. The van der Waals surface area contributed by atoms with Gasteiger partial charge in [0, 0.05) is 12.3 Å². The Bertz CT molecular complexity index is 586. The SMILES string of the molecule is C=C[C@@H]1CCC2(OCCO2)[C@H]1CC(C/C=C/C=O)(C(=O)OCC)C(=O)OCC. The molecule has 2 rings (SSSR count). The second-order valence-electron chi connectivity index (χ2n) is 7.05. The number of hydrogen-bond acceptors (Lipinski definition) is 7. The predicted molar refractivity (Wildman–Crippen MR) is 101 cm³/mol. The largest absolute Gasteiger partial charge is 0.465 e. The quantitative estimate of drug-likeness (QED) is 0.185. The lowest BCUT2D eigenvalue weighted by atomic mass is 9.72. The fourth-order valence-corrected chi connectivity index (χ4v) is 4.24. The molecule has 1 aliphatic heterocycles. The molecule has 0 unspecified atom stereocenters. The lowest BCUT2D eigenvalue weighted by Gasteiger charge is -2.37. The van der Waals surface area contributed by atoms with Gasteiger partial charge in [0.1, 0.15) is 6.29 Å². The molecule has 0 bridgehead atoms. The third kappa shape index (κ3) is 4.36. The Morgan fingerprint density at radius 2 is 1.79 bits per heavy atom. The van der Waals surface area contributed by atoms with E-state index in [9.17, 15) is 14.4 Å². The first-order chi connectivity index (χ1) is 13.5. The number of esters is 2. The van der Waals surface area contributed by atoms with Crippen LogP contribution in [0.1, 0.15) is 39.5 Å². The van der Waals surface area contributed by atoms with Gasteiger partial charge >= 0.3 is 11.9 Å². The van der Waals surface area contributed by atoms with Gasteiger partial charge in [-0.3, -0.25) is 14.4 Å². The minimum atomic E-state index is -1.58. The third-order valence-corrected chi connectivity index (χ3v) is 5.57. The molecular weight excluding hydrogens is 364 g/mol. The van der Waals surface area contributed by atoms with Crippen LogP contribution in [0.5, 0.6) is 0 Å². The van der Waals surface area contributed by atoms with Gasteiger partial charge in [0.25, 0.3) is 0 Å². The lowest BCUT2D eigenvalue weighted by molar-refractivity contribution is -0.199. The van der Waals surface area contributed by atoms with Crippen LogP contribution in [0.4, 0.5) is 0 Å². The molecule has 0 radical (unpaired) electrons. The van der Waals surface area contributed by atoms with Gasteiger partial charge in [-0.15, -0.1) is 6.58 Å². The number of carbonyl (C=O) groups excluding carboxylic acids is 3. The van der Waals surface area contributed by atoms with Crippen molar-refractivity contribution in [2.24, 2.45) is 17.3 Å². The van der Waals surface area contributed by atoms with Crippen molar-refractivity contribution in [2.75, 3.05) is 26.4 Å². The van der Waals surface area contributed by atoms with Crippen molar-refractivity contribution in [2.45, 2.75) is 45.3 Å². The zero-order valence-electron chi connectivity index (χ0n) is 16.7. The van der Waals surface area contributed by atoms with Crippen molar-refractivity contribution >= 4 is 18.2 Å². The Labute approximate surface area is 166 Å². The molecule has 1 saturated carbocycles. The topological polar surface area (TPSA) is 88.1 Å². The van der Waals surface area contributed by atoms with Crippen molar-refractivity contribution in [3.63, 3.8) is 0 Å². The molecule has 1 spiro atoms. The summed E-state index contributed by atoms with van der Waals surface area (Å²) in [6, 6.07) is 0. The van der Waals surface area contributed by atoms with E-state index in [1.165, 1.54) is 12.2 Å². The standard InChI is InChI=1S/C21H30O7/c1-4-16-9-11-21(27-13-14-28-21)17(16)15-20(10-7-8-12-22,18(23)25-5-2)19(24)26-6-3/h4,7-8,12,16-17H,1,5-6,9-11,13-15H2,2-3H3/b8-7+/t16-,17+/m1/s1. The van der Waals surface area contributed by atoms with Crippen LogP contribution in [0.3, 0.4) is 0 Å². The highest BCUT2D eigenvalue weighted by Crippen LogP contribution is 2.52. The van der Waals surface area contributed by atoms with Crippen molar-refractivity contribution in [1.29, 1.82) is 0 Å². The number of rotatable bonds is 10. The zero-order valence-corrected chi connectivity index (χ0v) is 16.7. The monoisotopic (exact) mass is 394 g/mol. The number of ether oxygens (including phenoxy) is 4. The van der Waals surface area contributed by atoms with E-state index in [0.29, 0.717) is 25.9 Å². The van der Waals surface area contributed by atoms with Gasteiger partial charge in [-0.1, -0.05) is 12.2 Å². The maximum Gasteiger partial charge on any atom is 0.323 e. The Morgan fingerprint density at radius 3 is 2.29 bits per heavy atom. The fourth-order valence-electron chi connectivity index (χ4n) is 4.24. The summed E-state index contributed by atoms with van der Waals surface area (Å²) in [7, 11) is 0. The average molecular weight is 394 g/mol. The van der Waals surface area contributed by atoms with Crippen molar-refractivity contribution in [1.82, 2.24) is 0 Å². The van der Waals surface area contributed by atoms with Gasteiger partial charge in [0.2, 0.25) is 0 Å². The molecule has 2 fully saturated rings. The summed E-state index contributed by atoms with van der Waals surface area (Å²) in [4.78, 5) is 36.8. The van der Waals surface area contributed by atoms with E-state index in [-0.39, 0.29) is 37.9 Å². The molecule has 1 aliphatic carbocycles. The molecule has 1 saturated heterocycles. The second-order valence-corrected chi connectivity index (χ2v) is 7.05. The molecule has 2 aliphatic rings. The molecule has 0 aromatic carbocycles. The summed E-state index contributed by atoms with van der Waals surface area (Å²) in [5, 5.41) is 0. The average Bonchev–Trinajstić information content (AvgIpc) is 3.29. The molecule has 1 heterocycles. The van der Waals surface area contributed by atoms with Crippen molar-refractivity contribution in [3.8, 4) is 0 Å². The van der Waals surface area contributed by atoms with Crippen LogP contribution in [0, 0.1) is 17.3 Å². The fraction of sp³-hybridized carbons (Fsp3) is 0.667. The maximum absolute atomic E-state index is 13.0. The highest BCUT2D eigenvalue weighted by Gasteiger charge is 2.58. The summed E-state index contributed by atoms with van der Waals surface area (Å²) in [5.41, 5.74) is -1.58. The maximum atomic E-state index is 13.0. The highest BCUT2D eigenvalue weighted by molar-refractivity contribution is 6.00. The van der Waals surface area contributed by atoms with Gasteiger partial charge < -0.3 is 18.9 Å². The summed E-state index contributed by atoms with van der Waals surface area (Å²) in [6.45, 7) is 8.48. The number of carbonyl (C=O) groups is 3. The van der Waals surface area contributed by atoms with Crippen LogP contribution in [0.15, 0.2) is 24.8 Å². The molecule has 7 heteroatoms. The summed E-state index contributed by atoms with van der Waals surface area (Å²) < 4.78 is 22.4. The predicted octanol–water partition coefficient (Wildman–Crippen LogP) is 2.59. The van der Waals surface area contributed by atoms with Gasteiger partial charge in [-0.25, -0.2) is 0 Å². The van der Waals surface area contributed by atoms with Gasteiger partial charge in [0.05, 0.1) is 26.4 Å². The molecule has 0 N–H and O–H groups in total. The Kier molecular flexibility index (Phi) is 7.95. The third-order valence-electron chi connectivity index (χ3n) is 5.57. The van der Waals surface area contributed by atoms with Crippen LogP contribution in [0.25, 0.3) is 0 Å². The van der Waals surface area contributed by atoms with E-state index in [1.54, 1.807) is 13.8 Å². The van der Waals surface area contributed by atoms with Crippen LogP contribution in [0.2, 0.25) is 0 Å². The lowest BCUT2D eigenvalue weighted by Crippen LogP contribution is -2.48. The molecule has 7 nitrogen and oxygen atoms in total. The van der Waals surface area contributed by atoms with E-state index in [4.69, 9.17) is 18.9 Å². The number of hydrogen-bond donors (Lipinski definition) is 0. The van der Waals surface area contributed by atoms with Crippen LogP contribution >= 0.6 is 0 Å². The number of allylic oxidation sites excluding steroid dienone is 3. The van der Waals surface area contributed by atoms with Crippen molar-refractivity contribution < 1.29 is 33.3 Å². The van der Waals surface area contributed by atoms with Crippen LogP contribution in [-0.4, -0.2) is 50.4 Å². The van der Waals surface area contributed by atoms with Gasteiger partial charge in [-0.2, -0.15) is 0 Å². The minimum Gasteiger partial charge on any atom is -0.465 e. The molecular formula is C21H30O7. The molecule has 0 amide bonds. The van der Waals surface area contributed by atoms with E-state index < -0.39 is 23.1 Å². The van der Waals surface area contributed by atoms with Crippen molar-refractivity contribution in [3.05, 3.63) is 24.8 Å². The van der Waals surface area contributed by atoms with Gasteiger partial charge in [0.15, 0.2) is 11.2 Å². The molecule has 2 atom stereocenters. The smallest absolute Gasteiger partial charge is 0.323 e. The van der Waals surface area contributed by atoms with E-state index >= 15 is 0 Å². The van der Waals surface area contributed by atoms with E-state index in [0.717, 1.165) is 6.42 Å². The zero-order chi connectivity index (χ0) is 20.6.